The number of ether oxygens (including phenoxy) is 2. The molecule has 1 aromatic carbocycles. The molecule has 24 heavy (non-hydrogen) atoms. The van der Waals surface area contributed by atoms with Crippen LogP contribution in [-0.4, -0.2) is 67.3 Å². The summed E-state index contributed by atoms with van der Waals surface area (Å²) in [4.78, 5) is 18.6. The number of piperazine rings is 1. The standard InChI is InChI=1S/C18H27N3O3/c1-3-4-7-19(2)18(22)21-10-8-20(9-11-21)13-15-5-6-16-17(12-15)24-14-23-16/h5-6,12H,3-4,7-11,13-14H2,1-2H3. The summed E-state index contributed by atoms with van der Waals surface area (Å²) in [6.45, 7) is 7.57. The summed E-state index contributed by atoms with van der Waals surface area (Å²) in [6, 6.07) is 6.27. The first-order valence-electron chi connectivity index (χ1n) is 8.78. The van der Waals surface area contributed by atoms with E-state index in [2.05, 4.69) is 24.0 Å². The van der Waals surface area contributed by atoms with Gasteiger partial charge in [-0.05, 0) is 24.1 Å². The van der Waals surface area contributed by atoms with Gasteiger partial charge in [0.1, 0.15) is 0 Å². The Morgan fingerprint density at radius 2 is 1.92 bits per heavy atom. The maximum absolute atomic E-state index is 12.4. The Morgan fingerprint density at radius 1 is 1.17 bits per heavy atom. The number of unbranched alkanes of at least 4 members (excludes halogenated alkanes) is 1. The molecule has 6 heteroatoms. The van der Waals surface area contributed by atoms with Gasteiger partial charge in [0.15, 0.2) is 11.5 Å². The molecule has 0 N–H and O–H groups in total. The summed E-state index contributed by atoms with van der Waals surface area (Å²) < 4.78 is 10.8. The summed E-state index contributed by atoms with van der Waals surface area (Å²) in [5.74, 6) is 1.66. The minimum Gasteiger partial charge on any atom is -0.454 e. The number of nitrogens with zero attached hydrogens (tertiary/aromatic N) is 3. The summed E-state index contributed by atoms with van der Waals surface area (Å²) in [6.07, 6.45) is 2.17. The van der Waals surface area contributed by atoms with E-state index in [0.29, 0.717) is 6.79 Å². The van der Waals surface area contributed by atoms with Crippen molar-refractivity contribution in [2.24, 2.45) is 0 Å². The molecule has 0 unspecified atom stereocenters. The van der Waals surface area contributed by atoms with Crippen molar-refractivity contribution in [1.82, 2.24) is 14.7 Å². The van der Waals surface area contributed by atoms with Crippen molar-refractivity contribution >= 4 is 6.03 Å². The lowest BCUT2D eigenvalue weighted by Crippen LogP contribution is -2.51. The van der Waals surface area contributed by atoms with Crippen molar-refractivity contribution in [2.45, 2.75) is 26.3 Å². The zero-order valence-corrected chi connectivity index (χ0v) is 14.7. The van der Waals surface area contributed by atoms with E-state index in [1.807, 2.05) is 22.9 Å². The second-order valence-corrected chi connectivity index (χ2v) is 6.51. The molecule has 0 atom stereocenters. The molecule has 0 bridgehead atoms. The Hall–Kier alpha value is -1.95. The fourth-order valence-electron chi connectivity index (χ4n) is 3.13. The third-order valence-electron chi connectivity index (χ3n) is 4.66. The first-order valence-corrected chi connectivity index (χ1v) is 8.78. The number of urea groups is 1. The van der Waals surface area contributed by atoms with Crippen LogP contribution in [0.15, 0.2) is 18.2 Å². The average Bonchev–Trinajstić information content (AvgIpc) is 3.07. The lowest BCUT2D eigenvalue weighted by atomic mass is 10.1. The third kappa shape index (κ3) is 3.93. The van der Waals surface area contributed by atoms with Crippen molar-refractivity contribution in [3.8, 4) is 11.5 Å². The SMILES string of the molecule is CCCCN(C)C(=O)N1CCN(Cc2ccc3c(c2)OCO3)CC1. The molecule has 2 heterocycles. The van der Waals surface area contributed by atoms with Gasteiger partial charge in [-0.3, -0.25) is 4.90 Å². The van der Waals surface area contributed by atoms with E-state index in [0.717, 1.165) is 63.6 Å². The number of amides is 2. The van der Waals surface area contributed by atoms with Crippen LogP contribution in [0.3, 0.4) is 0 Å². The minimum absolute atomic E-state index is 0.158. The molecular formula is C18H27N3O3. The lowest BCUT2D eigenvalue weighted by molar-refractivity contribution is 0.115. The smallest absolute Gasteiger partial charge is 0.319 e. The molecule has 3 rings (SSSR count). The topological polar surface area (TPSA) is 45.3 Å². The quantitative estimate of drug-likeness (QED) is 0.830. The molecule has 0 spiro atoms. The monoisotopic (exact) mass is 333 g/mol. The van der Waals surface area contributed by atoms with E-state index in [1.54, 1.807) is 0 Å². The average molecular weight is 333 g/mol. The Morgan fingerprint density at radius 3 is 2.67 bits per heavy atom. The van der Waals surface area contributed by atoms with Crippen LogP contribution in [0.25, 0.3) is 0 Å². The van der Waals surface area contributed by atoms with Crippen LogP contribution in [0, 0.1) is 0 Å². The van der Waals surface area contributed by atoms with Gasteiger partial charge in [0.25, 0.3) is 0 Å². The highest BCUT2D eigenvalue weighted by molar-refractivity contribution is 5.74. The molecule has 0 radical (unpaired) electrons. The second-order valence-electron chi connectivity index (χ2n) is 6.51. The molecule has 0 aromatic heterocycles. The van der Waals surface area contributed by atoms with Crippen molar-refractivity contribution in [2.75, 3.05) is 46.6 Å². The summed E-state index contributed by atoms with van der Waals surface area (Å²) in [5.41, 5.74) is 1.22. The van der Waals surface area contributed by atoms with Crippen LogP contribution >= 0.6 is 0 Å². The number of benzene rings is 1. The van der Waals surface area contributed by atoms with Crippen molar-refractivity contribution in [3.63, 3.8) is 0 Å². The van der Waals surface area contributed by atoms with Crippen LogP contribution in [-0.2, 0) is 6.54 Å². The molecule has 2 aliphatic heterocycles. The fourth-order valence-corrected chi connectivity index (χ4v) is 3.13. The Balaban J connectivity index is 1.47. The first-order chi connectivity index (χ1) is 11.7. The van der Waals surface area contributed by atoms with Gasteiger partial charge in [0.2, 0.25) is 6.79 Å². The van der Waals surface area contributed by atoms with Crippen molar-refractivity contribution in [1.29, 1.82) is 0 Å². The molecule has 132 valence electrons. The second kappa shape index (κ2) is 7.75. The molecular weight excluding hydrogens is 306 g/mol. The largest absolute Gasteiger partial charge is 0.454 e. The van der Waals surface area contributed by atoms with Gasteiger partial charge in [0.05, 0.1) is 0 Å². The molecule has 2 aliphatic rings. The number of carbonyl (C=O) groups is 1. The maximum atomic E-state index is 12.4. The van der Waals surface area contributed by atoms with Gasteiger partial charge in [0, 0.05) is 46.3 Å². The fraction of sp³-hybridized carbons (Fsp3) is 0.611. The summed E-state index contributed by atoms with van der Waals surface area (Å²) >= 11 is 0. The number of rotatable bonds is 5. The Kier molecular flexibility index (Phi) is 5.45. The third-order valence-corrected chi connectivity index (χ3v) is 4.66. The molecule has 2 amide bonds. The summed E-state index contributed by atoms with van der Waals surface area (Å²) in [7, 11) is 1.90. The number of carbonyl (C=O) groups excluding carboxylic acids is 1. The van der Waals surface area contributed by atoms with Crippen LogP contribution in [0.4, 0.5) is 4.79 Å². The van der Waals surface area contributed by atoms with Crippen molar-refractivity contribution in [3.05, 3.63) is 23.8 Å². The highest BCUT2D eigenvalue weighted by Gasteiger charge is 2.23. The zero-order chi connectivity index (χ0) is 16.9. The van der Waals surface area contributed by atoms with Gasteiger partial charge in [-0.25, -0.2) is 4.79 Å². The highest BCUT2D eigenvalue weighted by atomic mass is 16.7. The maximum Gasteiger partial charge on any atom is 0.319 e. The highest BCUT2D eigenvalue weighted by Crippen LogP contribution is 2.32. The van der Waals surface area contributed by atoms with Crippen LogP contribution < -0.4 is 9.47 Å². The van der Waals surface area contributed by atoms with Crippen LogP contribution in [0.1, 0.15) is 25.3 Å². The zero-order valence-electron chi connectivity index (χ0n) is 14.7. The predicted octanol–water partition coefficient (Wildman–Crippen LogP) is 2.38. The van der Waals surface area contributed by atoms with E-state index in [9.17, 15) is 4.79 Å². The van der Waals surface area contributed by atoms with Crippen LogP contribution in [0.5, 0.6) is 11.5 Å². The van der Waals surface area contributed by atoms with Gasteiger partial charge in [-0.15, -0.1) is 0 Å². The van der Waals surface area contributed by atoms with E-state index < -0.39 is 0 Å². The Bertz CT molecular complexity index is 571. The van der Waals surface area contributed by atoms with E-state index in [4.69, 9.17) is 9.47 Å². The van der Waals surface area contributed by atoms with E-state index in [1.165, 1.54) is 5.56 Å². The molecule has 0 aliphatic carbocycles. The van der Waals surface area contributed by atoms with Crippen molar-refractivity contribution < 1.29 is 14.3 Å². The lowest BCUT2D eigenvalue weighted by Gasteiger charge is -2.36. The molecule has 1 aromatic rings. The van der Waals surface area contributed by atoms with Crippen LogP contribution in [0.2, 0.25) is 0 Å². The number of hydrogen-bond acceptors (Lipinski definition) is 4. The predicted molar refractivity (Wildman–Crippen MR) is 92.3 cm³/mol. The van der Waals surface area contributed by atoms with Gasteiger partial charge in [-0.2, -0.15) is 0 Å². The molecule has 1 saturated heterocycles. The van der Waals surface area contributed by atoms with Gasteiger partial charge >= 0.3 is 6.03 Å². The van der Waals surface area contributed by atoms with Gasteiger partial charge in [-0.1, -0.05) is 19.4 Å². The van der Waals surface area contributed by atoms with Gasteiger partial charge < -0.3 is 19.3 Å². The van der Waals surface area contributed by atoms with E-state index in [-0.39, 0.29) is 6.03 Å². The Labute approximate surface area is 143 Å². The summed E-state index contributed by atoms with van der Waals surface area (Å²) in [5, 5.41) is 0. The molecule has 1 fully saturated rings. The molecule has 6 nitrogen and oxygen atoms in total. The normalized spacial score (nSPS) is 17.2. The number of hydrogen-bond donors (Lipinski definition) is 0. The molecule has 0 saturated carbocycles. The first kappa shape index (κ1) is 16.9. The van der Waals surface area contributed by atoms with E-state index >= 15 is 0 Å². The minimum atomic E-state index is 0.158. The number of fused-ring (bicyclic) bond motifs is 1.